The second kappa shape index (κ2) is 5.66. The van der Waals surface area contributed by atoms with E-state index in [9.17, 15) is 0 Å². The van der Waals surface area contributed by atoms with E-state index in [0.717, 1.165) is 16.6 Å². The van der Waals surface area contributed by atoms with Crippen LogP contribution in [0.4, 0.5) is 0 Å². The lowest BCUT2D eigenvalue weighted by Crippen LogP contribution is -2.41. The van der Waals surface area contributed by atoms with Crippen molar-refractivity contribution in [2.75, 3.05) is 0 Å². The van der Waals surface area contributed by atoms with Gasteiger partial charge in [-0.3, -0.25) is 0 Å². The molecule has 0 radical (unpaired) electrons. The summed E-state index contributed by atoms with van der Waals surface area (Å²) in [5.41, 5.74) is 2.47. The van der Waals surface area contributed by atoms with E-state index in [-0.39, 0.29) is 18.3 Å². The normalized spacial score (nSPS) is 20.4. The third kappa shape index (κ3) is 3.04. The molecular formula is C18H23BO2. The minimum atomic E-state index is -0.343. The van der Waals surface area contributed by atoms with Gasteiger partial charge in [-0.15, -0.1) is 0 Å². The summed E-state index contributed by atoms with van der Waals surface area (Å²) in [7, 11) is -0.343. The molecule has 1 aromatic rings. The van der Waals surface area contributed by atoms with Crippen LogP contribution >= 0.6 is 0 Å². The fraction of sp³-hybridized carbons (Fsp3) is 0.333. The van der Waals surface area contributed by atoms with E-state index in [1.54, 1.807) is 6.08 Å². The number of hydrogen-bond acceptors (Lipinski definition) is 2. The molecule has 0 amide bonds. The number of benzene rings is 1. The molecule has 3 heteroatoms. The lowest BCUT2D eigenvalue weighted by Gasteiger charge is -2.32. The summed E-state index contributed by atoms with van der Waals surface area (Å²) in [5.74, 6) is 0. The largest absolute Gasteiger partial charge is 0.494 e. The molecule has 0 atom stereocenters. The van der Waals surface area contributed by atoms with E-state index in [2.05, 4.69) is 46.9 Å². The van der Waals surface area contributed by atoms with E-state index in [1.807, 2.05) is 30.4 Å². The first kappa shape index (κ1) is 15.8. The zero-order valence-corrected chi connectivity index (χ0v) is 13.3. The standard InChI is InChI=1S/C18H23BO2/c1-7-10-14(8-2)15-11-9-12-16(13-15)19-20-17(3,4)18(5,6)21-19/h7-13H,1-2H2,3-6H3/b14-10+. The van der Waals surface area contributed by atoms with Crippen molar-refractivity contribution in [2.45, 2.75) is 38.9 Å². The molecule has 0 aliphatic carbocycles. The van der Waals surface area contributed by atoms with Crippen LogP contribution < -0.4 is 5.46 Å². The molecule has 0 N–H and O–H groups in total. The second-order valence-electron chi connectivity index (χ2n) is 6.28. The van der Waals surface area contributed by atoms with Crippen molar-refractivity contribution in [3.8, 4) is 0 Å². The maximum atomic E-state index is 6.09. The van der Waals surface area contributed by atoms with E-state index in [1.165, 1.54) is 0 Å². The van der Waals surface area contributed by atoms with Gasteiger partial charge >= 0.3 is 7.12 Å². The molecule has 0 bridgehead atoms. The SMILES string of the molecule is C=C/C=C(\C=C)c1cccc(B2OC(C)(C)C(C)(C)O2)c1. The topological polar surface area (TPSA) is 18.5 Å². The summed E-state index contributed by atoms with van der Waals surface area (Å²) in [6, 6.07) is 8.17. The maximum absolute atomic E-state index is 6.09. The van der Waals surface area contributed by atoms with Gasteiger partial charge in [-0.1, -0.05) is 55.7 Å². The first-order chi connectivity index (χ1) is 9.80. The average molecular weight is 282 g/mol. The predicted octanol–water partition coefficient (Wildman–Crippen LogP) is 3.74. The van der Waals surface area contributed by atoms with Crippen LogP contribution in [0.1, 0.15) is 33.3 Å². The molecular weight excluding hydrogens is 259 g/mol. The van der Waals surface area contributed by atoms with Crippen molar-refractivity contribution in [1.29, 1.82) is 0 Å². The Kier molecular flexibility index (Phi) is 4.26. The highest BCUT2D eigenvalue weighted by Gasteiger charge is 2.51. The average Bonchev–Trinajstić information content (AvgIpc) is 2.65. The summed E-state index contributed by atoms with van der Waals surface area (Å²) in [4.78, 5) is 0. The van der Waals surface area contributed by atoms with E-state index in [4.69, 9.17) is 9.31 Å². The minimum absolute atomic E-state index is 0.327. The molecule has 1 fully saturated rings. The van der Waals surface area contributed by atoms with Gasteiger partial charge < -0.3 is 9.31 Å². The Morgan fingerprint density at radius 3 is 2.24 bits per heavy atom. The zero-order chi connectivity index (χ0) is 15.7. The van der Waals surface area contributed by atoms with Crippen LogP contribution in [0, 0.1) is 0 Å². The Balaban J connectivity index is 2.33. The highest BCUT2D eigenvalue weighted by molar-refractivity contribution is 6.62. The van der Waals surface area contributed by atoms with Gasteiger partial charge in [0.2, 0.25) is 0 Å². The van der Waals surface area contributed by atoms with Crippen LogP contribution in [0.5, 0.6) is 0 Å². The molecule has 110 valence electrons. The molecule has 2 nitrogen and oxygen atoms in total. The summed E-state index contributed by atoms with van der Waals surface area (Å²) < 4.78 is 12.2. The van der Waals surface area contributed by atoms with Crippen molar-refractivity contribution in [2.24, 2.45) is 0 Å². The van der Waals surface area contributed by atoms with Crippen molar-refractivity contribution in [3.63, 3.8) is 0 Å². The van der Waals surface area contributed by atoms with Crippen LogP contribution in [-0.2, 0) is 9.31 Å². The molecule has 1 aliphatic heterocycles. The second-order valence-corrected chi connectivity index (χ2v) is 6.28. The molecule has 0 aromatic heterocycles. The van der Waals surface area contributed by atoms with Gasteiger partial charge in [-0.2, -0.15) is 0 Å². The van der Waals surface area contributed by atoms with Gasteiger partial charge in [0.15, 0.2) is 0 Å². The smallest absolute Gasteiger partial charge is 0.399 e. The van der Waals surface area contributed by atoms with Crippen LogP contribution in [0.2, 0.25) is 0 Å². The Bertz CT molecular complexity index is 569. The van der Waals surface area contributed by atoms with E-state index < -0.39 is 0 Å². The number of hydrogen-bond donors (Lipinski definition) is 0. The highest BCUT2D eigenvalue weighted by Crippen LogP contribution is 2.36. The molecule has 0 saturated carbocycles. The van der Waals surface area contributed by atoms with Gasteiger partial charge in [0.25, 0.3) is 0 Å². The molecule has 1 aromatic carbocycles. The summed E-state index contributed by atoms with van der Waals surface area (Å²) in [5, 5.41) is 0. The lowest BCUT2D eigenvalue weighted by molar-refractivity contribution is 0.00578. The third-order valence-electron chi connectivity index (χ3n) is 4.26. The Morgan fingerprint density at radius 1 is 1.10 bits per heavy atom. The van der Waals surface area contributed by atoms with Crippen molar-refractivity contribution in [3.05, 3.63) is 61.2 Å². The van der Waals surface area contributed by atoms with E-state index >= 15 is 0 Å². The molecule has 1 heterocycles. The maximum Gasteiger partial charge on any atom is 0.494 e. The lowest BCUT2D eigenvalue weighted by atomic mass is 9.78. The monoisotopic (exact) mass is 282 g/mol. The summed E-state index contributed by atoms with van der Waals surface area (Å²) in [6.45, 7) is 15.8. The quantitative estimate of drug-likeness (QED) is 0.618. The third-order valence-corrected chi connectivity index (χ3v) is 4.26. The van der Waals surface area contributed by atoms with Gasteiger partial charge in [0.05, 0.1) is 11.2 Å². The molecule has 1 saturated heterocycles. The number of rotatable bonds is 4. The fourth-order valence-electron chi connectivity index (χ4n) is 2.25. The molecule has 0 unspecified atom stereocenters. The van der Waals surface area contributed by atoms with Crippen molar-refractivity contribution in [1.82, 2.24) is 0 Å². The van der Waals surface area contributed by atoms with Gasteiger partial charge in [-0.05, 0) is 44.3 Å². The van der Waals surface area contributed by atoms with Gasteiger partial charge in [0.1, 0.15) is 0 Å². The number of allylic oxidation sites excluding steroid dienone is 4. The van der Waals surface area contributed by atoms with Crippen LogP contribution in [-0.4, -0.2) is 18.3 Å². The van der Waals surface area contributed by atoms with Crippen molar-refractivity contribution < 1.29 is 9.31 Å². The van der Waals surface area contributed by atoms with Gasteiger partial charge in [0, 0.05) is 0 Å². The zero-order valence-electron chi connectivity index (χ0n) is 13.3. The van der Waals surface area contributed by atoms with Crippen molar-refractivity contribution >= 4 is 18.2 Å². The molecule has 1 aliphatic rings. The first-order valence-electron chi connectivity index (χ1n) is 7.22. The molecule has 0 spiro atoms. The Labute approximate surface area is 128 Å². The minimum Gasteiger partial charge on any atom is -0.399 e. The van der Waals surface area contributed by atoms with Crippen LogP contribution in [0.3, 0.4) is 0 Å². The Hall–Kier alpha value is -1.58. The van der Waals surface area contributed by atoms with Gasteiger partial charge in [-0.25, -0.2) is 0 Å². The highest BCUT2D eigenvalue weighted by atomic mass is 16.7. The summed E-state index contributed by atoms with van der Waals surface area (Å²) >= 11 is 0. The van der Waals surface area contributed by atoms with Crippen LogP contribution in [0.15, 0.2) is 55.7 Å². The predicted molar refractivity (Wildman–Crippen MR) is 90.5 cm³/mol. The fourth-order valence-corrected chi connectivity index (χ4v) is 2.25. The van der Waals surface area contributed by atoms with Crippen LogP contribution in [0.25, 0.3) is 5.57 Å². The first-order valence-corrected chi connectivity index (χ1v) is 7.22. The van der Waals surface area contributed by atoms with E-state index in [0.29, 0.717) is 0 Å². The molecule has 21 heavy (non-hydrogen) atoms. The molecule has 2 rings (SSSR count). The Morgan fingerprint density at radius 2 is 1.71 bits per heavy atom. The summed E-state index contributed by atoms with van der Waals surface area (Å²) in [6.07, 6.45) is 5.53.